The minimum absolute atomic E-state index is 0.149. The molecular formula is C15H18BrClFN3. The smallest absolute Gasteiger partial charge is 0.146 e. The van der Waals surface area contributed by atoms with Crippen molar-refractivity contribution in [2.45, 2.75) is 26.3 Å². The van der Waals surface area contributed by atoms with Crippen LogP contribution in [0.4, 0.5) is 4.39 Å². The Kier molecular flexibility index (Phi) is 5.41. The molecule has 1 atom stereocenters. The molecule has 1 aromatic heterocycles. The largest absolute Gasteiger partial charge is 0.310 e. The van der Waals surface area contributed by atoms with Gasteiger partial charge in [-0.25, -0.2) is 4.39 Å². The third-order valence-corrected chi connectivity index (χ3v) is 4.79. The van der Waals surface area contributed by atoms with E-state index in [1.807, 2.05) is 25.6 Å². The normalized spacial score (nSPS) is 12.7. The van der Waals surface area contributed by atoms with Crippen LogP contribution in [0.5, 0.6) is 0 Å². The van der Waals surface area contributed by atoms with Gasteiger partial charge in [0.2, 0.25) is 0 Å². The molecule has 6 heteroatoms. The predicted octanol–water partition coefficient (Wildman–Crippen LogP) is 4.18. The molecule has 2 rings (SSSR count). The minimum atomic E-state index is -0.361. The maximum atomic E-state index is 14.3. The molecular weight excluding hydrogens is 357 g/mol. The summed E-state index contributed by atoms with van der Waals surface area (Å²) in [7, 11) is 1.89. The van der Waals surface area contributed by atoms with E-state index in [0.717, 1.165) is 22.4 Å². The standard InChI is InChI=1S/C15H18BrClFN3/c1-4-19-12(10-6-5-7-11(17)15(10)18)8-13-14(16)9(2)20-21(13)3/h5-7,12,19H,4,8H2,1-3H3. The summed E-state index contributed by atoms with van der Waals surface area (Å²) in [5.74, 6) is -0.361. The maximum Gasteiger partial charge on any atom is 0.146 e. The molecule has 21 heavy (non-hydrogen) atoms. The first-order valence-corrected chi connectivity index (χ1v) is 7.98. The van der Waals surface area contributed by atoms with E-state index >= 15 is 0 Å². The molecule has 0 saturated carbocycles. The zero-order chi connectivity index (χ0) is 15.6. The van der Waals surface area contributed by atoms with E-state index < -0.39 is 0 Å². The highest BCUT2D eigenvalue weighted by molar-refractivity contribution is 9.10. The Labute approximate surface area is 137 Å². The van der Waals surface area contributed by atoms with Crippen LogP contribution in [0.25, 0.3) is 0 Å². The third kappa shape index (κ3) is 3.47. The van der Waals surface area contributed by atoms with Gasteiger partial charge in [-0.1, -0.05) is 30.7 Å². The van der Waals surface area contributed by atoms with Gasteiger partial charge in [0.1, 0.15) is 5.82 Å². The van der Waals surface area contributed by atoms with E-state index in [1.165, 1.54) is 0 Å². The van der Waals surface area contributed by atoms with Gasteiger partial charge >= 0.3 is 0 Å². The summed E-state index contributed by atoms with van der Waals surface area (Å²) in [4.78, 5) is 0. The molecule has 1 heterocycles. The van der Waals surface area contributed by atoms with E-state index in [0.29, 0.717) is 12.0 Å². The molecule has 0 spiro atoms. The van der Waals surface area contributed by atoms with Crippen LogP contribution in [0, 0.1) is 12.7 Å². The number of halogens is 3. The second-order valence-electron chi connectivity index (χ2n) is 4.93. The minimum Gasteiger partial charge on any atom is -0.310 e. The van der Waals surface area contributed by atoms with Gasteiger partial charge in [0.25, 0.3) is 0 Å². The Morgan fingerprint density at radius 2 is 2.19 bits per heavy atom. The van der Waals surface area contributed by atoms with Gasteiger partial charge in [-0.15, -0.1) is 0 Å². The molecule has 0 bridgehead atoms. The second kappa shape index (κ2) is 6.90. The van der Waals surface area contributed by atoms with E-state index in [-0.39, 0.29) is 16.9 Å². The van der Waals surface area contributed by atoms with Gasteiger partial charge in [0, 0.05) is 25.1 Å². The molecule has 0 fully saturated rings. The van der Waals surface area contributed by atoms with Crippen molar-refractivity contribution in [2.75, 3.05) is 6.54 Å². The quantitative estimate of drug-likeness (QED) is 0.851. The van der Waals surface area contributed by atoms with Crippen LogP contribution in [-0.2, 0) is 13.5 Å². The summed E-state index contributed by atoms with van der Waals surface area (Å²) in [5, 5.41) is 7.85. The van der Waals surface area contributed by atoms with Gasteiger partial charge in [-0.3, -0.25) is 4.68 Å². The Hall–Kier alpha value is -0.910. The average molecular weight is 375 g/mol. The Morgan fingerprint density at radius 3 is 2.76 bits per heavy atom. The molecule has 0 aliphatic rings. The number of hydrogen-bond donors (Lipinski definition) is 1. The zero-order valence-electron chi connectivity index (χ0n) is 12.3. The zero-order valence-corrected chi connectivity index (χ0v) is 14.6. The first kappa shape index (κ1) is 16.5. The molecule has 3 nitrogen and oxygen atoms in total. The van der Waals surface area contributed by atoms with Crippen LogP contribution in [0.2, 0.25) is 5.02 Å². The number of likely N-dealkylation sites (N-methyl/N-ethyl adjacent to an activating group) is 1. The van der Waals surface area contributed by atoms with Crippen LogP contribution >= 0.6 is 27.5 Å². The summed E-state index contributed by atoms with van der Waals surface area (Å²) in [6, 6.07) is 4.95. The predicted molar refractivity (Wildman–Crippen MR) is 87.2 cm³/mol. The van der Waals surface area contributed by atoms with Gasteiger partial charge in [-0.05, 0) is 35.5 Å². The molecule has 2 aromatic rings. The maximum absolute atomic E-state index is 14.3. The first-order valence-electron chi connectivity index (χ1n) is 6.81. The van der Waals surface area contributed by atoms with Gasteiger partial charge in [0.05, 0.1) is 20.9 Å². The molecule has 1 unspecified atom stereocenters. The molecule has 0 saturated heterocycles. The molecule has 0 amide bonds. The van der Waals surface area contributed by atoms with Crippen LogP contribution in [0.15, 0.2) is 22.7 Å². The van der Waals surface area contributed by atoms with Crippen molar-refractivity contribution in [3.63, 3.8) is 0 Å². The third-order valence-electron chi connectivity index (χ3n) is 3.47. The summed E-state index contributed by atoms with van der Waals surface area (Å²) in [5.41, 5.74) is 2.53. The highest BCUT2D eigenvalue weighted by atomic mass is 79.9. The fraction of sp³-hybridized carbons (Fsp3) is 0.400. The molecule has 1 aromatic carbocycles. The van der Waals surface area contributed by atoms with Crippen molar-refractivity contribution in [1.29, 1.82) is 0 Å². The Morgan fingerprint density at radius 1 is 1.48 bits per heavy atom. The van der Waals surface area contributed by atoms with Gasteiger partial charge < -0.3 is 5.32 Å². The van der Waals surface area contributed by atoms with Gasteiger partial charge in [0.15, 0.2) is 0 Å². The fourth-order valence-electron chi connectivity index (χ4n) is 2.42. The number of nitrogens with zero attached hydrogens (tertiary/aromatic N) is 2. The molecule has 0 radical (unpaired) electrons. The van der Waals surface area contributed by atoms with E-state index in [9.17, 15) is 4.39 Å². The van der Waals surface area contributed by atoms with E-state index in [2.05, 4.69) is 26.3 Å². The number of nitrogens with one attached hydrogen (secondary N) is 1. The van der Waals surface area contributed by atoms with E-state index in [4.69, 9.17) is 11.6 Å². The summed E-state index contributed by atoms with van der Waals surface area (Å²) >= 11 is 9.45. The lowest BCUT2D eigenvalue weighted by molar-refractivity contribution is 0.496. The van der Waals surface area contributed by atoms with E-state index in [1.54, 1.807) is 18.2 Å². The van der Waals surface area contributed by atoms with Crippen LogP contribution in [0.3, 0.4) is 0 Å². The number of hydrogen-bond acceptors (Lipinski definition) is 2. The molecule has 1 N–H and O–H groups in total. The van der Waals surface area contributed by atoms with Crippen molar-refractivity contribution in [3.8, 4) is 0 Å². The van der Waals surface area contributed by atoms with Crippen LogP contribution in [-0.4, -0.2) is 16.3 Å². The van der Waals surface area contributed by atoms with Crippen LogP contribution in [0.1, 0.15) is 29.9 Å². The van der Waals surface area contributed by atoms with Gasteiger partial charge in [-0.2, -0.15) is 5.10 Å². The molecule has 0 aliphatic carbocycles. The van der Waals surface area contributed by atoms with Crippen molar-refractivity contribution >= 4 is 27.5 Å². The van der Waals surface area contributed by atoms with Crippen molar-refractivity contribution in [1.82, 2.24) is 15.1 Å². The number of aryl methyl sites for hydroxylation is 2. The summed E-state index contributed by atoms with van der Waals surface area (Å²) < 4.78 is 17.1. The van der Waals surface area contributed by atoms with Crippen molar-refractivity contribution < 1.29 is 4.39 Å². The number of aromatic nitrogens is 2. The SMILES string of the molecule is CCNC(Cc1c(Br)c(C)nn1C)c1cccc(Cl)c1F. The molecule has 114 valence electrons. The van der Waals surface area contributed by atoms with Crippen molar-refractivity contribution in [3.05, 3.63) is 50.5 Å². The lowest BCUT2D eigenvalue weighted by Gasteiger charge is -2.20. The Bertz CT molecular complexity index is 642. The molecule has 0 aliphatic heterocycles. The van der Waals surface area contributed by atoms with Crippen molar-refractivity contribution in [2.24, 2.45) is 7.05 Å². The fourth-order valence-corrected chi connectivity index (χ4v) is 3.10. The highest BCUT2D eigenvalue weighted by Crippen LogP contribution is 2.29. The highest BCUT2D eigenvalue weighted by Gasteiger charge is 2.21. The summed E-state index contributed by atoms with van der Waals surface area (Å²) in [6.07, 6.45) is 0.628. The number of benzene rings is 1. The summed E-state index contributed by atoms with van der Waals surface area (Å²) in [6.45, 7) is 4.68. The topological polar surface area (TPSA) is 29.9 Å². The monoisotopic (exact) mass is 373 g/mol. The van der Waals surface area contributed by atoms with Crippen LogP contribution < -0.4 is 5.32 Å². The average Bonchev–Trinajstić information content (AvgIpc) is 2.68. The second-order valence-corrected chi connectivity index (χ2v) is 6.13. The Balaban J connectivity index is 2.38. The number of rotatable bonds is 5. The first-order chi connectivity index (χ1) is 9.95. The lowest BCUT2D eigenvalue weighted by Crippen LogP contribution is -2.25. The lowest BCUT2D eigenvalue weighted by atomic mass is 10.0.